The molecule has 0 heterocycles. The van der Waals surface area contributed by atoms with Crippen LogP contribution in [0.1, 0.15) is 23.6 Å². The SMILES string of the molecule is CN(C)c1ccc(-c2cccc3c2CCC3N)cc1. The van der Waals surface area contributed by atoms with Crippen LogP contribution in [0.25, 0.3) is 11.1 Å². The molecule has 2 heteroatoms. The molecule has 0 spiro atoms. The van der Waals surface area contributed by atoms with Crippen molar-refractivity contribution in [3.05, 3.63) is 53.6 Å². The van der Waals surface area contributed by atoms with Crippen molar-refractivity contribution in [3.8, 4) is 11.1 Å². The van der Waals surface area contributed by atoms with Gasteiger partial charge in [-0.25, -0.2) is 0 Å². The maximum atomic E-state index is 6.15. The van der Waals surface area contributed by atoms with Gasteiger partial charge in [0.2, 0.25) is 0 Å². The highest BCUT2D eigenvalue weighted by molar-refractivity contribution is 5.71. The van der Waals surface area contributed by atoms with Gasteiger partial charge in [-0.1, -0.05) is 30.3 Å². The molecule has 2 aromatic carbocycles. The average Bonchev–Trinajstić information content (AvgIpc) is 2.81. The highest BCUT2D eigenvalue weighted by atomic mass is 15.1. The zero-order valence-corrected chi connectivity index (χ0v) is 11.6. The molecule has 1 unspecified atom stereocenters. The van der Waals surface area contributed by atoms with E-state index >= 15 is 0 Å². The maximum Gasteiger partial charge on any atom is 0.0361 e. The zero-order chi connectivity index (χ0) is 13.4. The van der Waals surface area contributed by atoms with Crippen LogP contribution in [0.3, 0.4) is 0 Å². The first-order chi connectivity index (χ1) is 9.16. The van der Waals surface area contributed by atoms with E-state index in [1.807, 2.05) is 0 Å². The van der Waals surface area contributed by atoms with Crippen molar-refractivity contribution in [2.24, 2.45) is 5.73 Å². The lowest BCUT2D eigenvalue weighted by molar-refractivity contribution is 0.713. The van der Waals surface area contributed by atoms with Gasteiger partial charge in [-0.15, -0.1) is 0 Å². The second kappa shape index (κ2) is 4.71. The summed E-state index contributed by atoms with van der Waals surface area (Å²) in [5, 5.41) is 0. The first-order valence-electron chi connectivity index (χ1n) is 6.82. The predicted molar refractivity (Wildman–Crippen MR) is 81.5 cm³/mol. The summed E-state index contributed by atoms with van der Waals surface area (Å²) in [7, 11) is 4.13. The monoisotopic (exact) mass is 252 g/mol. The molecule has 0 fully saturated rings. The maximum absolute atomic E-state index is 6.15. The summed E-state index contributed by atoms with van der Waals surface area (Å²) in [5.41, 5.74) is 12.8. The second-order valence-corrected chi connectivity index (χ2v) is 5.46. The number of nitrogens with zero attached hydrogens (tertiary/aromatic N) is 1. The van der Waals surface area contributed by atoms with Gasteiger partial charge in [0, 0.05) is 25.8 Å². The van der Waals surface area contributed by atoms with Gasteiger partial charge < -0.3 is 10.6 Å². The van der Waals surface area contributed by atoms with Crippen molar-refractivity contribution >= 4 is 5.69 Å². The minimum atomic E-state index is 0.219. The quantitative estimate of drug-likeness (QED) is 0.888. The Morgan fingerprint density at radius 2 is 1.79 bits per heavy atom. The molecule has 98 valence electrons. The molecule has 0 saturated carbocycles. The van der Waals surface area contributed by atoms with E-state index in [-0.39, 0.29) is 6.04 Å². The molecular weight excluding hydrogens is 232 g/mol. The number of hydrogen-bond acceptors (Lipinski definition) is 2. The van der Waals surface area contributed by atoms with Crippen molar-refractivity contribution in [3.63, 3.8) is 0 Å². The normalized spacial score (nSPS) is 17.3. The zero-order valence-electron chi connectivity index (χ0n) is 11.6. The Bertz CT molecular complexity index is 585. The minimum absolute atomic E-state index is 0.219. The summed E-state index contributed by atoms with van der Waals surface area (Å²) in [4.78, 5) is 2.12. The van der Waals surface area contributed by atoms with Crippen LogP contribution in [-0.2, 0) is 6.42 Å². The largest absolute Gasteiger partial charge is 0.378 e. The molecule has 1 atom stereocenters. The average molecular weight is 252 g/mol. The van der Waals surface area contributed by atoms with Crippen LogP contribution in [0.15, 0.2) is 42.5 Å². The van der Waals surface area contributed by atoms with Crippen molar-refractivity contribution in [1.29, 1.82) is 0 Å². The fourth-order valence-corrected chi connectivity index (χ4v) is 2.90. The third kappa shape index (κ3) is 2.13. The fraction of sp³-hybridized carbons (Fsp3) is 0.294. The van der Waals surface area contributed by atoms with E-state index in [1.54, 1.807) is 0 Å². The van der Waals surface area contributed by atoms with E-state index < -0.39 is 0 Å². The van der Waals surface area contributed by atoms with E-state index in [0.29, 0.717) is 0 Å². The van der Waals surface area contributed by atoms with E-state index in [0.717, 1.165) is 12.8 Å². The molecule has 0 bridgehead atoms. The molecule has 1 aliphatic carbocycles. The van der Waals surface area contributed by atoms with Crippen LogP contribution >= 0.6 is 0 Å². The molecule has 2 nitrogen and oxygen atoms in total. The van der Waals surface area contributed by atoms with E-state index in [1.165, 1.54) is 27.9 Å². The van der Waals surface area contributed by atoms with Crippen molar-refractivity contribution in [2.45, 2.75) is 18.9 Å². The fourth-order valence-electron chi connectivity index (χ4n) is 2.90. The number of nitrogens with two attached hydrogens (primary N) is 1. The summed E-state index contributed by atoms with van der Waals surface area (Å²) < 4.78 is 0. The molecule has 0 radical (unpaired) electrons. The minimum Gasteiger partial charge on any atom is -0.378 e. The van der Waals surface area contributed by atoms with E-state index in [4.69, 9.17) is 5.73 Å². The summed E-state index contributed by atoms with van der Waals surface area (Å²) in [6.45, 7) is 0. The summed E-state index contributed by atoms with van der Waals surface area (Å²) in [6, 6.07) is 15.5. The predicted octanol–water partition coefficient (Wildman–Crippen LogP) is 3.37. The van der Waals surface area contributed by atoms with Crippen molar-refractivity contribution in [2.75, 3.05) is 19.0 Å². The molecule has 3 rings (SSSR count). The van der Waals surface area contributed by atoms with Gasteiger partial charge in [-0.2, -0.15) is 0 Å². The molecule has 19 heavy (non-hydrogen) atoms. The smallest absolute Gasteiger partial charge is 0.0361 e. The molecule has 2 N–H and O–H groups in total. The molecule has 1 aliphatic rings. The standard InChI is InChI=1S/C17H20N2/c1-19(2)13-8-6-12(7-9-13)14-4-3-5-16-15(14)10-11-17(16)18/h3-9,17H,10-11,18H2,1-2H3. The molecule has 0 aliphatic heterocycles. The molecule has 0 saturated heterocycles. The van der Waals surface area contributed by atoms with Crippen LogP contribution in [-0.4, -0.2) is 14.1 Å². The van der Waals surface area contributed by atoms with Crippen LogP contribution in [0, 0.1) is 0 Å². The van der Waals surface area contributed by atoms with Crippen LogP contribution in [0.4, 0.5) is 5.69 Å². The lowest BCUT2D eigenvalue weighted by Crippen LogP contribution is -2.08. The number of benzene rings is 2. The molecule has 0 aromatic heterocycles. The van der Waals surface area contributed by atoms with Gasteiger partial charge in [-0.3, -0.25) is 0 Å². The molecule has 2 aromatic rings. The first-order valence-corrected chi connectivity index (χ1v) is 6.82. The number of rotatable bonds is 2. The Morgan fingerprint density at radius 1 is 1.05 bits per heavy atom. The highest BCUT2D eigenvalue weighted by Gasteiger charge is 2.21. The second-order valence-electron chi connectivity index (χ2n) is 5.46. The Kier molecular flexibility index (Phi) is 3.03. The van der Waals surface area contributed by atoms with Gasteiger partial charge in [0.05, 0.1) is 0 Å². The Balaban J connectivity index is 2.03. The van der Waals surface area contributed by atoms with Crippen molar-refractivity contribution in [1.82, 2.24) is 0 Å². The van der Waals surface area contributed by atoms with Gasteiger partial charge in [0.25, 0.3) is 0 Å². The van der Waals surface area contributed by atoms with E-state index in [9.17, 15) is 0 Å². The third-order valence-electron chi connectivity index (χ3n) is 4.01. The molecule has 0 amide bonds. The van der Waals surface area contributed by atoms with Crippen molar-refractivity contribution < 1.29 is 0 Å². The number of anilines is 1. The van der Waals surface area contributed by atoms with E-state index in [2.05, 4.69) is 61.5 Å². The van der Waals surface area contributed by atoms with Crippen LogP contribution < -0.4 is 10.6 Å². The van der Waals surface area contributed by atoms with Crippen LogP contribution in [0.5, 0.6) is 0 Å². The lowest BCUT2D eigenvalue weighted by atomic mass is 9.96. The Hall–Kier alpha value is -1.80. The lowest BCUT2D eigenvalue weighted by Gasteiger charge is -2.14. The van der Waals surface area contributed by atoms with Gasteiger partial charge in [0.15, 0.2) is 0 Å². The topological polar surface area (TPSA) is 29.3 Å². The Morgan fingerprint density at radius 3 is 2.47 bits per heavy atom. The Labute approximate surface area is 114 Å². The third-order valence-corrected chi connectivity index (χ3v) is 4.01. The summed E-state index contributed by atoms with van der Waals surface area (Å²) in [5.74, 6) is 0. The summed E-state index contributed by atoms with van der Waals surface area (Å²) in [6.07, 6.45) is 2.17. The highest BCUT2D eigenvalue weighted by Crippen LogP contribution is 2.36. The number of hydrogen-bond donors (Lipinski definition) is 1. The first kappa shape index (κ1) is 12.2. The number of fused-ring (bicyclic) bond motifs is 1. The van der Waals surface area contributed by atoms with Gasteiger partial charge in [0.1, 0.15) is 0 Å². The molecular formula is C17H20N2. The van der Waals surface area contributed by atoms with Crippen LogP contribution in [0.2, 0.25) is 0 Å². The van der Waals surface area contributed by atoms with Gasteiger partial charge in [-0.05, 0) is 47.2 Å². The summed E-state index contributed by atoms with van der Waals surface area (Å²) >= 11 is 0. The van der Waals surface area contributed by atoms with Gasteiger partial charge >= 0.3 is 0 Å².